The molecule has 4 heteroatoms. The van der Waals surface area contributed by atoms with Crippen molar-refractivity contribution in [2.24, 2.45) is 5.92 Å². The highest BCUT2D eigenvalue weighted by Crippen LogP contribution is 2.30. The van der Waals surface area contributed by atoms with Crippen LogP contribution in [0.4, 0.5) is 0 Å². The Morgan fingerprint density at radius 2 is 2.00 bits per heavy atom. The maximum atomic E-state index is 11.0. The molecule has 1 aliphatic rings. The lowest BCUT2D eigenvalue weighted by Gasteiger charge is -2.32. The first-order valence-corrected chi connectivity index (χ1v) is 9.05. The lowest BCUT2D eigenvalue weighted by molar-refractivity contribution is -0.119. The lowest BCUT2D eigenvalue weighted by atomic mass is 9.94. The van der Waals surface area contributed by atoms with Gasteiger partial charge >= 0.3 is 0 Å². The number of amides is 1. The highest BCUT2D eigenvalue weighted by molar-refractivity contribution is 5.72. The predicted molar refractivity (Wildman–Crippen MR) is 98.5 cm³/mol. The van der Waals surface area contributed by atoms with Crippen LogP contribution in [0.2, 0.25) is 0 Å². The van der Waals surface area contributed by atoms with E-state index in [4.69, 9.17) is 4.74 Å². The number of hydrogen-bond acceptors (Lipinski definition) is 3. The fraction of sp³-hybridized carbons (Fsp3) is 0.650. The minimum absolute atomic E-state index is 0.0764. The number of likely N-dealkylation sites (tertiary alicyclic amines) is 1. The summed E-state index contributed by atoms with van der Waals surface area (Å²) >= 11 is 0. The van der Waals surface area contributed by atoms with Gasteiger partial charge in [-0.1, -0.05) is 19.9 Å². The summed E-state index contributed by atoms with van der Waals surface area (Å²) in [5.41, 5.74) is 4.00. The van der Waals surface area contributed by atoms with Crippen LogP contribution in [0.5, 0.6) is 5.75 Å². The molecule has 0 unspecified atom stereocenters. The molecule has 0 saturated carbocycles. The van der Waals surface area contributed by atoms with Gasteiger partial charge in [-0.3, -0.25) is 9.69 Å². The largest absolute Gasteiger partial charge is 0.496 e. The predicted octanol–water partition coefficient (Wildman–Crippen LogP) is 3.48. The van der Waals surface area contributed by atoms with Gasteiger partial charge in [0, 0.05) is 20.0 Å². The second-order valence-electron chi connectivity index (χ2n) is 7.33. The summed E-state index contributed by atoms with van der Waals surface area (Å²) in [7, 11) is 1.75. The maximum Gasteiger partial charge on any atom is 0.216 e. The third kappa shape index (κ3) is 4.97. The van der Waals surface area contributed by atoms with Crippen molar-refractivity contribution in [3.05, 3.63) is 28.8 Å². The number of rotatable bonds is 6. The number of aryl methyl sites for hydroxylation is 1. The number of hydrogen-bond donors (Lipinski definition) is 1. The molecule has 24 heavy (non-hydrogen) atoms. The molecule has 0 aromatic heterocycles. The van der Waals surface area contributed by atoms with E-state index in [2.05, 4.69) is 43.1 Å². The lowest BCUT2D eigenvalue weighted by Crippen LogP contribution is -2.37. The third-order valence-electron chi connectivity index (χ3n) is 5.05. The fourth-order valence-electron chi connectivity index (χ4n) is 3.42. The number of piperidine rings is 1. The van der Waals surface area contributed by atoms with Gasteiger partial charge < -0.3 is 10.1 Å². The zero-order valence-electron chi connectivity index (χ0n) is 15.8. The third-order valence-corrected chi connectivity index (χ3v) is 5.05. The van der Waals surface area contributed by atoms with Crippen molar-refractivity contribution in [1.29, 1.82) is 0 Å². The van der Waals surface area contributed by atoms with Crippen LogP contribution in [0.1, 0.15) is 56.2 Å². The molecule has 1 heterocycles. The van der Waals surface area contributed by atoms with E-state index in [0.717, 1.165) is 44.8 Å². The molecular formula is C20H32N2O2. The molecule has 4 nitrogen and oxygen atoms in total. The molecule has 134 valence electrons. The number of nitrogens with zero attached hydrogens (tertiary/aromatic N) is 1. The summed E-state index contributed by atoms with van der Waals surface area (Å²) in [6.45, 7) is 12.2. The summed E-state index contributed by atoms with van der Waals surface area (Å²) in [6.07, 6.45) is 2.32. The van der Waals surface area contributed by atoms with Gasteiger partial charge in [0.15, 0.2) is 0 Å². The Balaban J connectivity index is 1.97. The van der Waals surface area contributed by atoms with Crippen molar-refractivity contribution in [1.82, 2.24) is 10.2 Å². The van der Waals surface area contributed by atoms with Gasteiger partial charge in [-0.05, 0) is 67.4 Å². The minimum Gasteiger partial charge on any atom is -0.496 e. The number of nitrogens with one attached hydrogen (secondary N) is 1. The Morgan fingerprint density at radius 3 is 2.54 bits per heavy atom. The quantitative estimate of drug-likeness (QED) is 0.867. The normalized spacial score (nSPS) is 16.4. The van der Waals surface area contributed by atoms with Gasteiger partial charge in [-0.15, -0.1) is 0 Å². The van der Waals surface area contributed by atoms with Gasteiger partial charge in [0.2, 0.25) is 5.91 Å². The van der Waals surface area contributed by atoms with E-state index in [0.29, 0.717) is 11.8 Å². The van der Waals surface area contributed by atoms with E-state index >= 15 is 0 Å². The molecule has 1 aromatic carbocycles. The van der Waals surface area contributed by atoms with E-state index in [1.165, 1.54) is 16.7 Å². The van der Waals surface area contributed by atoms with Gasteiger partial charge in [-0.25, -0.2) is 0 Å². The first-order chi connectivity index (χ1) is 11.4. The summed E-state index contributed by atoms with van der Waals surface area (Å²) in [5, 5.41) is 2.95. The number of ether oxygens (including phenoxy) is 1. The second kappa shape index (κ2) is 8.52. The summed E-state index contributed by atoms with van der Waals surface area (Å²) in [6, 6.07) is 4.50. The highest BCUT2D eigenvalue weighted by atomic mass is 16.5. The van der Waals surface area contributed by atoms with Gasteiger partial charge in [0.1, 0.15) is 5.75 Å². The smallest absolute Gasteiger partial charge is 0.216 e. The molecule has 1 amide bonds. The molecule has 0 bridgehead atoms. The Kier molecular flexibility index (Phi) is 6.67. The number of carbonyl (C=O) groups excluding carboxylic acids is 1. The molecule has 0 atom stereocenters. The average Bonchev–Trinajstić information content (AvgIpc) is 2.55. The molecular weight excluding hydrogens is 300 g/mol. The number of methoxy groups -OCH3 is 1. The SMILES string of the molecule is COc1cc(C)c(CN2CCC(CNC(C)=O)CC2)cc1C(C)C. The van der Waals surface area contributed by atoms with E-state index in [-0.39, 0.29) is 5.91 Å². The molecule has 1 fully saturated rings. The van der Waals surface area contributed by atoms with Crippen molar-refractivity contribution in [3.63, 3.8) is 0 Å². The first-order valence-electron chi connectivity index (χ1n) is 9.05. The summed E-state index contributed by atoms with van der Waals surface area (Å²) in [4.78, 5) is 13.6. The van der Waals surface area contributed by atoms with Crippen LogP contribution in [0, 0.1) is 12.8 Å². The Morgan fingerprint density at radius 1 is 1.33 bits per heavy atom. The highest BCUT2D eigenvalue weighted by Gasteiger charge is 2.20. The number of benzene rings is 1. The van der Waals surface area contributed by atoms with Crippen LogP contribution in [0.3, 0.4) is 0 Å². The monoisotopic (exact) mass is 332 g/mol. The summed E-state index contributed by atoms with van der Waals surface area (Å²) in [5.74, 6) is 2.16. The van der Waals surface area contributed by atoms with Crippen LogP contribution >= 0.6 is 0 Å². The number of carbonyl (C=O) groups is 1. The van der Waals surface area contributed by atoms with Crippen LogP contribution < -0.4 is 10.1 Å². The molecule has 1 aliphatic heterocycles. The maximum absolute atomic E-state index is 11.0. The van der Waals surface area contributed by atoms with Crippen molar-refractivity contribution in [2.75, 3.05) is 26.7 Å². The molecule has 1 saturated heterocycles. The van der Waals surface area contributed by atoms with E-state index in [9.17, 15) is 4.79 Å². The Labute approximate surface area is 146 Å². The van der Waals surface area contributed by atoms with E-state index < -0.39 is 0 Å². The first kappa shape index (κ1) is 18.8. The van der Waals surface area contributed by atoms with Gasteiger partial charge in [0.05, 0.1) is 7.11 Å². The molecule has 2 rings (SSSR count). The second-order valence-corrected chi connectivity index (χ2v) is 7.33. The zero-order valence-corrected chi connectivity index (χ0v) is 15.8. The van der Waals surface area contributed by atoms with Crippen LogP contribution in [0.25, 0.3) is 0 Å². The topological polar surface area (TPSA) is 41.6 Å². The molecule has 0 radical (unpaired) electrons. The van der Waals surface area contributed by atoms with Crippen LogP contribution in [-0.4, -0.2) is 37.6 Å². The van der Waals surface area contributed by atoms with Crippen molar-refractivity contribution in [3.8, 4) is 5.75 Å². The fourth-order valence-corrected chi connectivity index (χ4v) is 3.42. The molecule has 0 spiro atoms. The summed E-state index contributed by atoms with van der Waals surface area (Å²) < 4.78 is 5.54. The van der Waals surface area contributed by atoms with Gasteiger partial charge in [-0.2, -0.15) is 0 Å². The van der Waals surface area contributed by atoms with Crippen molar-refractivity contribution < 1.29 is 9.53 Å². The Hall–Kier alpha value is -1.55. The minimum atomic E-state index is 0.0764. The van der Waals surface area contributed by atoms with Crippen LogP contribution in [0.15, 0.2) is 12.1 Å². The van der Waals surface area contributed by atoms with E-state index in [1.807, 2.05) is 0 Å². The van der Waals surface area contributed by atoms with Crippen molar-refractivity contribution >= 4 is 5.91 Å². The van der Waals surface area contributed by atoms with E-state index in [1.54, 1.807) is 14.0 Å². The average molecular weight is 332 g/mol. The molecule has 1 aromatic rings. The Bertz CT molecular complexity index is 561. The zero-order chi connectivity index (χ0) is 17.7. The molecule has 0 aliphatic carbocycles. The standard InChI is InChI=1S/C20H32N2O2/c1-14(2)19-11-18(15(3)10-20(19)24-5)13-22-8-6-17(7-9-22)12-21-16(4)23/h10-11,14,17H,6-9,12-13H2,1-5H3,(H,21,23). The van der Waals surface area contributed by atoms with Gasteiger partial charge in [0.25, 0.3) is 0 Å². The van der Waals surface area contributed by atoms with Crippen molar-refractivity contribution in [2.45, 2.75) is 53.0 Å². The molecule has 1 N–H and O–H groups in total. The van der Waals surface area contributed by atoms with Crippen LogP contribution in [-0.2, 0) is 11.3 Å².